The zero-order valence-electron chi connectivity index (χ0n) is 28.3. The minimum absolute atomic E-state index is 0.0217. The van der Waals surface area contributed by atoms with Crippen molar-refractivity contribution in [1.29, 1.82) is 0 Å². The van der Waals surface area contributed by atoms with E-state index in [0.29, 0.717) is 43.6 Å². The number of aliphatic hydroxyl groups is 7. The van der Waals surface area contributed by atoms with E-state index in [0.717, 1.165) is 25.7 Å². The van der Waals surface area contributed by atoms with Crippen LogP contribution in [-0.4, -0.2) is 97.8 Å². The van der Waals surface area contributed by atoms with E-state index < -0.39 is 66.3 Å². The van der Waals surface area contributed by atoms with Crippen molar-refractivity contribution in [2.24, 2.45) is 56.7 Å². The van der Waals surface area contributed by atoms with E-state index in [9.17, 15) is 40.5 Å². The SMILES string of the molecule is C=C(CO)[C@@H]1CC[C@]2(C(=O)O[C@@H]3O[C@H](CO)[C@@H](O)[C@H](O)[C@H]3O)CC[C@]3(C)[C@H](CC[C@@H]4[C@@]5(C)CC[C@H](O)C(C)(C)[C@@H]5[C@H](O)C[C@]43C)[C@@H]12. The Morgan fingerprint density at radius 2 is 1.54 bits per heavy atom. The summed E-state index contributed by atoms with van der Waals surface area (Å²) in [7, 11) is 0. The number of rotatable bonds is 5. The van der Waals surface area contributed by atoms with Gasteiger partial charge in [-0.05, 0) is 115 Å². The normalized spacial score (nSPS) is 54.5. The molecule has 0 bridgehead atoms. The third kappa shape index (κ3) is 4.53. The lowest BCUT2D eigenvalue weighted by molar-refractivity contribution is -0.300. The van der Waals surface area contributed by atoms with Gasteiger partial charge in [0.2, 0.25) is 6.29 Å². The van der Waals surface area contributed by atoms with Crippen molar-refractivity contribution in [3.05, 3.63) is 12.2 Å². The van der Waals surface area contributed by atoms with Gasteiger partial charge < -0.3 is 45.2 Å². The number of carbonyl (C=O) groups is 1. The van der Waals surface area contributed by atoms with Crippen LogP contribution in [0.5, 0.6) is 0 Å². The average molecular weight is 651 g/mol. The fourth-order valence-corrected chi connectivity index (χ4v) is 13.1. The van der Waals surface area contributed by atoms with Crippen molar-refractivity contribution in [3.8, 4) is 0 Å². The van der Waals surface area contributed by atoms with Crippen molar-refractivity contribution in [1.82, 2.24) is 0 Å². The van der Waals surface area contributed by atoms with E-state index in [-0.39, 0.29) is 46.5 Å². The zero-order valence-corrected chi connectivity index (χ0v) is 28.3. The monoisotopic (exact) mass is 650 g/mol. The Labute approximate surface area is 273 Å². The Hall–Kier alpha value is -1.11. The summed E-state index contributed by atoms with van der Waals surface area (Å²) in [5.74, 6) is -0.438. The predicted octanol–water partition coefficient (Wildman–Crippen LogP) is 2.29. The molecule has 0 amide bonds. The van der Waals surface area contributed by atoms with E-state index in [2.05, 4.69) is 41.2 Å². The topological polar surface area (TPSA) is 177 Å². The van der Waals surface area contributed by atoms with E-state index >= 15 is 0 Å². The lowest BCUT2D eigenvalue weighted by Gasteiger charge is -2.73. The second-order valence-electron chi connectivity index (χ2n) is 17.4. The van der Waals surface area contributed by atoms with Gasteiger partial charge in [0, 0.05) is 0 Å². The Bertz CT molecular complexity index is 1210. The van der Waals surface area contributed by atoms with Gasteiger partial charge in [-0.3, -0.25) is 4.79 Å². The molecule has 1 aliphatic heterocycles. The van der Waals surface area contributed by atoms with Crippen LogP contribution in [0, 0.1) is 56.7 Å². The first-order valence-electron chi connectivity index (χ1n) is 17.6. The van der Waals surface area contributed by atoms with Crippen LogP contribution in [0.4, 0.5) is 0 Å². The van der Waals surface area contributed by atoms with Crippen LogP contribution in [-0.2, 0) is 14.3 Å². The number of esters is 1. The highest BCUT2D eigenvalue weighted by molar-refractivity contribution is 5.78. The maximum absolute atomic E-state index is 14.4. The van der Waals surface area contributed by atoms with Gasteiger partial charge in [0.05, 0.1) is 30.8 Å². The standard InChI is InChI=1S/C36H58O10/c1-18(16-37)19-9-12-36(31(44)46-30-28(43)27(42)26(41)22(17-38)45-30)14-13-34(5)20(25(19)36)7-8-23-33(4)11-10-24(40)32(2,3)29(33)21(39)15-35(23,34)6/h19-30,37-43H,1,7-17H2,2-6H3/t19-,20+,21+,22+,23+,24-,25+,26+,27-,28+,29-,30-,33+,34+,35+,36-/m0/s1. The van der Waals surface area contributed by atoms with E-state index in [1.165, 1.54) is 0 Å². The van der Waals surface area contributed by atoms with Crippen molar-refractivity contribution >= 4 is 5.97 Å². The summed E-state index contributed by atoms with van der Waals surface area (Å²) < 4.78 is 11.5. The van der Waals surface area contributed by atoms with Crippen LogP contribution >= 0.6 is 0 Å². The summed E-state index contributed by atoms with van der Waals surface area (Å²) in [5.41, 5.74) is -1.25. The zero-order chi connectivity index (χ0) is 33.8. The Kier molecular flexibility index (Phi) is 8.66. The molecule has 5 saturated carbocycles. The molecule has 16 atom stereocenters. The van der Waals surface area contributed by atoms with Crippen LogP contribution in [0.1, 0.15) is 92.4 Å². The molecule has 7 N–H and O–H groups in total. The van der Waals surface area contributed by atoms with Crippen molar-refractivity contribution in [3.63, 3.8) is 0 Å². The molecule has 0 aromatic heterocycles. The molecule has 6 fully saturated rings. The van der Waals surface area contributed by atoms with E-state index in [1.54, 1.807) is 0 Å². The number of hydrogen-bond donors (Lipinski definition) is 7. The Morgan fingerprint density at radius 1 is 0.848 bits per heavy atom. The molecule has 0 aromatic rings. The third-order valence-corrected chi connectivity index (χ3v) is 15.5. The molecule has 0 radical (unpaired) electrons. The Morgan fingerprint density at radius 3 is 2.20 bits per heavy atom. The van der Waals surface area contributed by atoms with Gasteiger partial charge in [-0.1, -0.05) is 41.2 Å². The van der Waals surface area contributed by atoms with Gasteiger partial charge in [0.1, 0.15) is 24.4 Å². The first-order valence-corrected chi connectivity index (χ1v) is 17.6. The lowest BCUT2D eigenvalue weighted by Crippen LogP contribution is -2.70. The summed E-state index contributed by atoms with van der Waals surface area (Å²) in [6.07, 6.45) is -2.16. The number of ether oxygens (including phenoxy) is 2. The first-order chi connectivity index (χ1) is 21.4. The number of aliphatic hydroxyl groups excluding tert-OH is 7. The fraction of sp³-hybridized carbons (Fsp3) is 0.917. The third-order valence-electron chi connectivity index (χ3n) is 15.5. The fourth-order valence-electron chi connectivity index (χ4n) is 13.1. The summed E-state index contributed by atoms with van der Waals surface area (Å²) in [4.78, 5) is 14.4. The van der Waals surface area contributed by atoms with Gasteiger partial charge >= 0.3 is 5.97 Å². The number of carbonyl (C=O) groups excluding carboxylic acids is 1. The molecule has 6 aliphatic rings. The van der Waals surface area contributed by atoms with Crippen LogP contribution in [0.25, 0.3) is 0 Å². The summed E-state index contributed by atoms with van der Waals surface area (Å²) in [6, 6.07) is 0. The molecule has 0 spiro atoms. The first kappa shape index (κ1) is 34.7. The van der Waals surface area contributed by atoms with Crippen LogP contribution in [0.3, 0.4) is 0 Å². The maximum Gasteiger partial charge on any atom is 0.314 e. The summed E-state index contributed by atoms with van der Waals surface area (Å²) in [5, 5.41) is 74.3. The number of fused-ring (bicyclic) bond motifs is 7. The van der Waals surface area contributed by atoms with Gasteiger partial charge in [-0.15, -0.1) is 0 Å². The van der Waals surface area contributed by atoms with Gasteiger partial charge in [-0.25, -0.2) is 0 Å². The highest BCUT2D eigenvalue weighted by Gasteiger charge is 2.73. The minimum Gasteiger partial charge on any atom is -0.432 e. The smallest absolute Gasteiger partial charge is 0.314 e. The van der Waals surface area contributed by atoms with E-state index in [4.69, 9.17) is 9.47 Å². The van der Waals surface area contributed by atoms with Crippen LogP contribution in [0.2, 0.25) is 0 Å². The van der Waals surface area contributed by atoms with Crippen LogP contribution < -0.4 is 0 Å². The molecule has 0 aromatic carbocycles. The molecule has 6 rings (SSSR count). The second kappa shape index (κ2) is 11.5. The maximum atomic E-state index is 14.4. The highest BCUT2D eigenvalue weighted by atomic mass is 16.7. The predicted molar refractivity (Wildman–Crippen MR) is 168 cm³/mol. The molecule has 10 nitrogen and oxygen atoms in total. The van der Waals surface area contributed by atoms with Crippen molar-refractivity contribution in [2.75, 3.05) is 13.2 Å². The van der Waals surface area contributed by atoms with Gasteiger partial charge in [0.15, 0.2) is 0 Å². The quantitative estimate of drug-likeness (QED) is 0.173. The van der Waals surface area contributed by atoms with Crippen LogP contribution in [0.15, 0.2) is 12.2 Å². The van der Waals surface area contributed by atoms with Crippen molar-refractivity contribution < 1.29 is 50.0 Å². The molecule has 1 saturated heterocycles. The highest BCUT2D eigenvalue weighted by Crippen LogP contribution is 2.77. The number of hydrogen-bond acceptors (Lipinski definition) is 10. The molecular weight excluding hydrogens is 592 g/mol. The molecule has 5 aliphatic carbocycles. The summed E-state index contributed by atoms with van der Waals surface area (Å²) in [6.45, 7) is 14.7. The molecule has 1 heterocycles. The minimum atomic E-state index is -1.68. The molecule has 10 heteroatoms. The van der Waals surface area contributed by atoms with Gasteiger partial charge in [-0.2, -0.15) is 0 Å². The van der Waals surface area contributed by atoms with Crippen molar-refractivity contribution in [2.45, 2.75) is 135 Å². The Balaban J connectivity index is 1.36. The second-order valence-corrected chi connectivity index (χ2v) is 17.4. The molecule has 0 unspecified atom stereocenters. The molecule has 46 heavy (non-hydrogen) atoms. The average Bonchev–Trinajstić information content (AvgIpc) is 3.40. The lowest BCUT2D eigenvalue weighted by atomic mass is 9.32. The van der Waals surface area contributed by atoms with E-state index in [1.807, 2.05) is 0 Å². The van der Waals surface area contributed by atoms with Gasteiger partial charge in [0.25, 0.3) is 0 Å². The molecule has 262 valence electrons. The summed E-state index contributed by atoms with van der Waals surface area (Å²) >= 11 is 0. The largest absolute Gasteiger partial charge is 0.432 e. The molecular formula is C36H58O10.